The van der Waals surface area contributed by atoms with E-state index in [1.807, 2.05) is 28.8 Å². The highest BCUT2D eigenvalue weighted by Gasteiger charge is 2.38. The summed E-state index contributed by atoms with van der Waals surface area (Å²) in [4.78, 5) is 22.8. The largest absolute Gasteiger partial charge is 0.412 e. The van der Waals surface area contributed by atoms with Crippen molar-refractivity contribution in [3.05, 3.63) is 71.7 Å². The Bertz CT molecular complexity index is 1570. The second-order valence-corrected chi connectivity index (χ2v) is 10.4. The van der Waals surface area contributed by atoms with Crippen LogP contribution in [0.5, 0.6) is 0 Å². The molecule has 5 aromatic rings. The lowest BCUT2D eigenvalue weighted by Crippen LogP contribution is -2.41. The lowest BCUT2D eigenvalue weighted by atomic mass is 9.99. The van der Waals surface area contributed by atoms with Crippen molar-refractivity contribution < 1.29 is 18.0 Å². The Morgan fingerprint density at radius 1 is 1.25 bits per heavy atom. The van der Waals surface area contributed by atoms with E-state index < -0.39 is 18.5 Å². The molecule has 0 bridgehead atoms. The topological polar surface area (TPSA) is 123 Å². The molecule has 0 saturated carbocycles. The standard InChI is InChI=1S/C21H19F2N9O2P2/c22-21(23)31-8-10(7-26-31)17-27-28-18(34-17)19(33)30-5-4-12-15(25-9-24-12)16(30)13-6-11-2-1-3-14(20(35)36)32(11)29-13/h1-3,6-9,16,20-21H,4-5,35-36H2,(H,24,25)/t16-/m1/s1. The smallest absolute Gasteiger partial charge is 0.333 e. The molecule has 6 rings (SSSR count). The van der Waals surface area contributed by atoms with Crippen LogP contribution in [0.15, 0.2) is 47.4 Å². The zero-order valence-electron chi connectivity index (χ0n) is 18.5. The number of imidazole rings is 1. The second kappa shape index (κ2) is 8.83. The van der Waals surface area contributed by atoms with Gasteiger partial charge in [-0.1, -0.05) is 6.07 Å². The molecule has 1 aliphatic rings. The predicted octanol–water partition coefficient (Wildman–Crippen LogP) is 3.24. The summed E-state index contributed by atoms with van der Waals surface area (Å²) in [6.45, 7) is -2.45. The van der Waals surface area contributed by atoms with Gasteiger partial charge in [-0.25, -0.2) is 14.2 Å². The molecular formula is C21H19F2N9O2P2. The maximum Gasteiger partial charge on any atom is 0.333 e. The van der Waals surface area contributed by atoms with Gasteiger partial charge < -0.3 is 14.3 Å². The average Bonchev–Trinajstić information content (AvgIpc) is 3.66. The Hall–Kier alpha value is -3.56. The van der Waals surface area contributed by atoms with Crippen LogP contribution in [-0.4, -0.2) is 56.9 Å². The quantitative estimate of drug-likeness (QED) is 0.347. The molecule has 1 amide bonds. The number of aromatic amines is 1. The third-order valence-corrected chi connectivity index (χ3v) is 6.68. The molecule has 2 unspecified atom stereocenters. The van der Waals surface area contributed by atoms with Crippen LogP contribution in [0.25, 0.3) is 17.0 Å². The third kappa shape index (κ3) is 3.79. The number of H-pyrrole nitrogens is 1. The minimum absolute atomic E-state index is 0.0800. The van der Waals surface area contributed by atoms with E-state index in [2.05, 4.69) is 43.7 Å². The summed E-state index contributed by atoms with van der Waals surface area (Å²) in [5.41, 5.74) is 4.27. The van der Waals surface area contributed by atoms with Crippen molar-refractivity contribution in [2.24, 2.45) is 0 Å². The number of alkyl halides is 2. The van der Waals surface area contributed by atoms with Crippen molar-refractivity contribution in [1.29, 1.82) is 0 Å². The first-order chi connectivity index (χ1) is 17.4. The Morgan fingerprint density at radius 2 is 2.11 bits per heavy atom. The highest BCUT2D eigenvalue weighted by molar-refractivity contribution is 7.37. The number of carbonyl (C=O) groups excluding carboxylic acids is 1. The summed E-state index contributed by atoms with van der Waals surface area (Å²) in [6, 6.07) is 7.21. The molecule has 0 fully saturated rings. The van der Waals surface area contributed by atoms with Crippen molar-refractivity contribution in [3.63, 3.8) is 0 Å². The number of pyridine rings is 1. The fraction of sp³-hybridized carbons (Fsp3) is 0.238. The van der Waals surface area contributed by atoms with Crippen LogP contribution in [0.3, 0.4) is 0 Å². The van der Waals surface area contributed by atoms with Gasteiger partial charge in [0, 0.05) is 30.3 Å². The van der Waals surface area contributed by atoms with Crippen LogP contribution in [0.2, 0.25) is 0 Å². The van der Waals surface area contributed by atoms with Crippen LogP contribution in [-0.2, 0) is 6.42 Å². The first kappa shape index (κ1) is 22.9. The van der Waals surface area contributed by atoms with Gasteiger partial charge in [0.25, 0.3) is 5.89 Å². The molecule has 1 N–H and O–H groups in total. The second-order valence-electron chi connectivity index (χ2n) is 8.20. The van der Waals surface area contributed by atoms with Gasteiger partial charge in [-0.15, -0.1) is 28.7 Å². The maximum absolute atomic E-state index is 13.6. The summed E-state index contributed by atoms with van der Waals surface area (Å²) >= 11 is 0. The Kier molecular flexibility index (Phi) is 5.61. The molecule has 1 aliphatic heterocycles. The number of nitrogens with one attached hydrogen (secondary N) is 1. The van der Waals surface area contributed by atoms with Gasteiger partial charge in [-0.2, -0.15) is 19.0 Å². The third-order valence-electron chi connectivity index (χ3n) is 6.00. The molecule has 0 aromatic carbocycles. The van der Waals surface area contributed by atoms with Crippen molar-refractivity contribution in [3.8, 4) is 11.5 Å². The molecule has 0 spiro atoms. The molecule has 6 heterocycles. The zero-order chi connectivity index (χ0) is 25.0. The van der Waals surface area contributed by atoms with Gasteiger partial charge in [0.15, 0.2) is 0 Å². The van der Waals surface area contributed by atoms with Crippen LogP contribution >= 0.6 is 18.5 Å². The Morgan fingerprint density at radius 3 is 2.89 bits per heavy atom. The molecular weight excluding hydrogens is 510 g/mol. The fourth-order valence-electron chi connectivity index (χ4n) is 4.34. The number of halogens is 2. The van der Waals surface area contributed by atoms with Crippen LogP contribution < -0.4 is 0 Å². The first-order valence-corrected chi connectivity index (χ1v) is 12.2. The molecule has 0 radical (unpaired) electrons. The SMILES string of the molecule is O=C(c1nnc(-c2cnn(C(F)F)c2)o1)N1CCc2[nH]cnc2[C@H]1c1cc2cccc(C(P)P)n2n1. The first-order valence-electron chi connectivity index (χ1n) is 10.9. The molecule has 36 heavy (non-hydrogen) atoms. The number of nitrogens with zero attached hydrogens (tertiary/aromatic N) is 8. The lowest BCUT2D eigenvalue weighted by Gasteiger charge is -2.32. The summed E-state index contributed by atoms with van der Waals surface area (Å²) in [7, 11) is 5.46. The van der Waals surface area contributed by atoms with Crippen molar-refractivity contribution >= 4 is 29.9 Å². The highest BCUT2D eigenvalue weighted by Crippen LogP contribution is 2.36. The summed E-state index contributed by atoms with van der Waals surface area (Å²) in [6.07, 6.45) is 4.40. The molecule has 11 nitrogen and oxygen atoms in total. The van der Waals surface area contributed by atoms with E-state index in [1.54, 1.807) is 11.2 Å². The number of aromatic nitrogens is 8. The van der Waals surface area contributed by atoms with E-state index in [0.29, 0.717) is 29.0 Å². The Labute approximate surface area is 206 Å². The average molecular weight is 529 g/mol. The van der Waals surface area contributed by atoms with E-state index >= 15 is 0 Å². The van der Waals surface area contributed by atoms with Gasteiger partial charge in [-0.05, 0) is 18.2 Å². The predicted molar refractivity (Wildman–Crippen MR) is 129 cm³/mol. The lowest BCUT2D eigenvalue weighted by molar-refractivity contribution is 0.0566. The molecule has 0 saturated heterocycles. The van der Waals surface area contributed by atoms with Gasteiger partial charge >= 0.3 is 18.3 Å². The summed E-state index contributed by atoms with van der Waals surface area (Å²) in [5, 5.41) is 16.2. The van der Waals surface area contributed by atoms with Gasteiger partial charge in [0.1, 0.15) is 6.04 Å². The number of fused-ring (bicyclic) bond motifs is 2. The van der Waals surface area contributed by atoms with Gasteiger partial charge in [0.05, 0.1) is 40.7 Å². The van der Waals surface area contributed by atoms with E-state index in [1.165, 1.54) is 6.20 Å². The number of hydrogen-bond acceptors (Lipinski definition) is 7. The van der Waals surface area contributed by atoms with Gasteiger partial charge in [-0.3, -0.25) is 4.79 Å². The number of amides is 1. The molecule has 3 atom stereocenters. The minimum Gasteiger partial charge on any atom is -0.412 e. The molecule has 184 valence electrons. The van der Waals surface area contributed by atoms with Gasteiger partial charge in [0.2, 0.25) is 0 Å². The van der Waals surface area contributed by atoms with Crippen LogP contribution in [0, 0.1) is 0 Å². The zero-order valence-corrected chi connectivity index (χ0v) is 20.8. The molecule has 5 aromatic heterocycles. The monoisotopic (exact) mass is 529 g/mol. The maximum atomic E-state index is 13.6. The Balaban J connectivity index is 1.38. The summed E-state index contributed by atoms with van der Waals surface area (Å²) < 4.78 is 33.6. The van der Waals surface area contributed by atoms with Crippen molar-refractivity contribution in [2.45, 2.75) is 24.4 Å². The van der Waals surface area contributed by atoms with E-state index in [-0.39, 0.29) is 22.7 Å². The number of rotatable bonds is 5. The van der Waals surface area contributed by atoms with E-state index in [9.17, 15) is 13.6 Å². The molecule has 15 heteroatoms. The normalized spacial score (nSPS) is 15.8. The van der Waals surface area contributed by atoms with Crippen LogP contribution in [0.4, 0.5) is 8.78 Å². The van der Waals surface area contributed by atoms with E-state index in [0.717, 1.165) is 23.1 Å². The number of carbonyl (C=O) groups is 1. The van der Waals surface area contributed by atoms with Crippen molar-refractivity contribution in [2.75, 3.05) is 6.54 Å². The molecule has 0 aliphatic carbocycles. The summed E-state index contributed by atoms with van der Waals surface area (Å²) in [5.74, 6) is -0.859. The minimum atomic E-state index is -2.81. The van der Waals surface area contributed by atoms with E-state index in [4.69, 9.17) is 9.52 Å². The highest BCUT2D eigenvalue weighted by atomic mass is 31.1. The fourth-order valence-corrected chi connectivity index (χ4v) is 4.85. The van der Waals surface area contributed by atoms with Crippen molar-refractivity contribution in [1.82, 2.24) is 44.5 Å². The van der Waals surface area contributed by atoms with Crippen LogP contribution in [0.1, 0.15) is 51.5 Å². The number of hydrogen-bond donors (Lipinski definition) is 1.